The van der Waals surface area contributed by atoms with E-state index < -0.39 is 25.0 Å². The minimum atomic E-state index is -2.06. The van der Waals surface area contributed by atoms with Crippen molar-refractivity contribution in [2.75, 3.05) is 6.61 Å². The van der Waals surface area contributed by atoms with Crippen LogP contribution >= 0.6 is 0 Å². The van der Waals surface area contributed by atoms with Gasteiger partial charge in [0.15, 0.2) is 25.0 Å². The molecule has 0 amide bonds. The molecule has 0 radical (unpaired) electrons. The van der Waals surface area contributed by atoms with Gasteiger partial charge in [-0.25, -0.2) is 0 Å². The summed E-state index contributed by atoms with van der Waals surface area (Å²) < 4.78 is 21.5. The first-order valence-electron chi connectivity index (χ1n) is 21.1. The lowest BCUT2D eigenvalue weighted by molar-refractivity contribution is 0.0893. The molecule has 0 aromatic heterocycles. The summed E-state index contributed by atoms with van der Waals surface area (Å²) in [5.41, 5.74) is 5.08. The van der Waals surface area contributed by atoms with Gasteiger partial charge in [-0.3, -0.25) is 0 Å². The Morgan fingerprint density at radius 3 is 1.73 bits per heavy atom. The van der Waals surface area contributed by atoms with E-state index >= 15 is 0 Å². The normalized spacial score (nSPS) is 28.7. The molecule has 3 nitrogen and oxygen atoms in total. The van der Waals surface area contributed by atoms with Gasteiger partial charge in [0.05, 0.1) is 12.2 Å². The van der Waals surface area contributed by atoms with E-state index in [1.807, 2.05) is 0 Å². The zero-order valence-corrected chi connectivity index (χ0v) is 40.5. The van der Waals surface area contributed by atoms with Crippen LogP contribution in [0.5, 0.6) is 0 Å². The first-order valence-corrected chi connectivity index (χ1v) is 29.8. The second-order valence-electron chi connectivity index (χ2n) is 22.5. The topological polar surface area (TPSA) is 27.7 Å². The number of fused-ring (bicyclic) bond motifs is 1. The highest BCUT2D eigenvalue weighted by atomic mass is 28.4. The van der Waals surface area contributed by atoms with E-state index in [9.17, 15) is 0 Å². The molecule has 0 aromatic rings. The maximum Gasteiger partial charge on any atom is 0.192 e. The van der Waals surface area contributed by atoms with Gasteiger partial charge in [-0.05, 0) is 147 Å². The molecule has 296 valence electrons. The second kappa shape index (κ2) is 16.5. The van der Waals surface area contributed by atoms with Crippen molar-refractivity contribution in [2.24, 2.45) is 29.1 Å². The Kier molecular flexibility index (Phi) is 14.6. The van der Waals surface area contributed by atoms with Crippen LogP contribution in [0.2, 0.25) is 54.4 Å². The molecule has 3 aliphatic rings. The Balaban J connectivity index is 2.03. The van der Waals surface area contributed by atoms with Crippen molar-refractivity contribution in [1.29, 1.82) is 0 Å². The Hall–Kier alpha value is -0.249. The van der Waals surface area contributed by atoms with Crippen LogP contribution in [0.3, 0.4) is 0 Å². The summed E-state index contributed by atoms with van der Waals surface area (Å²) >= 11 is 0. The van der Waals surface area contributed by atoms with Gasteiger partial charge < -0.3 is 13.3 Å². The summed E-state index contributed by atoms with van der Waals surface area (Å²) in [6.45, 7) is 46.5. The molecule has 2 unspecified atom stereocenters. The molecule has 0 N–H and O–H groups in total. The van der Waals surface area contributed by atoms with Gasteiger partial charge >= 0.3 is 0 Å². The smallest absolute Gasteiger partial charge is 0.192 e. The molecule has 0 heterocycles. The monoisotopic (exact) mass is 759 g/mol. The van der Waals surface area contributed by atoms with E-state index in [2.05, 4.69) is 148 Å². The second-order valence-corrected chi connectivity index (χ2v) is 36.8. The highest BCUT2D eigenvalue weighted by molar-refractivity contribution is 6.75. The largest absolute Gasteiger partial charge is 0.417 e. The highest BCUT2D eigenvalue weighted by Crippen LogP contribution is 2.60. The van der Waals surface area contributed by atoms with Gasteiger partial charge in [-0.1, -0.05) is 119 Å². The summed E-state index contributed by atoms with van der Waals surface area (Å²) in [4.78, 5) is 0. The Labute approximate surface area is 322 Å². The van der Waals surface area contributed by atoms with Crippen molar-refractivity contribution < 1.29 is 13.3 Å². The molecule has 6 heteroatoms. The van der Waals surface area contributed by atoms with Crippen LogP contribution < -0.4 is 0 Å². The molecule has 3 rings (SSSR count). The molecule has 3 saturated carbocycles. The standard InChI is InChI=1S/C45H86O3Si3/c1-33(2)30-34(3)38-26-27-39-36(22-20-28-45(38,39)13)25-24-35-31-40(47-50(16,17)43(7,8)9)37(23-21-29-46-49(14,15)42(4,5)6)41(32-35)48-51(18,19)44(10,11)12/h23-25,33-34,38-41H,20-22,26-32H2,1-19H3/t34-,38?,39?,40+,41+,45+/m0/s1. The minimum absolute atomic E-state index is 0.0521. The first-order chi connectivity index (χ1) is 23.0. The predicted octanol–water partition coefficient (Wildman–Crippen LogP) is 14.7. The van der Waals surface area contributed by atoms with Crippen molar-refractivity contribution >= 4 is 25.0 Å². The number of rotatable bonds is 12. The third-order valence-corrected chi connectivity index (χ3v) is 28.5. The number of hydrogen-bond acceptors (Lipinski definition) is 3. The lowest BCUT2D eigenvalue weighted by Gasteiger charge is -2.46. The van der Waals surface area contributed by atoms with E-state index in [-0.39, 0.29) is 27.3 Å². The Morgan fingerprint density at radius 1 is 0.745 bits per heavy atom. The maximum atomic E-state index is 7.43. The molecule has 6 atom stereocenters. The van der Waals surface area contributed by atoms with Gasteiger partial charge in [-0.2, -0.15) is 0 Å². The zero-order chi connectivity index (χ0) is 39.0. The van der Waals surface area contributed by atoms with Gasteiger partial charge in [0.25, 0.3) is 0 Å². The summed E-state index contributed by atoms with van der Waals surface area (Å²) in [5.74, 6) is 3.19. The fourth-order valence-corrected chi connectivity index (χ4v) is 12.4. The van der Waals surface area contributed by atoms with Crippen molar-refractivity contribution in [2.45, 2.75) is 214 Å². The van der Waals surface area contributed by atoms with Gasteiger partial charge in [-0.15, -0.1) is 0 Å². The van der Waals surface area contributed by atoms with E-state index in [0.717, 1.165) is 49.5 Å². The third kappa shape index (κ3) is 11.0. The van der Waals surface area contributed by atoms with E-state index in [1.54, 1.807) is 5.57 Å². The van der Waals surface area contributed by atoms with Crippen LogP contribution in [0.1, 0.15) is 148 Å². The summed E-state index contributed by atoms with van der Waals surface area (Å²) in [6, 6.07) is 0. The molecule has 0 aliphatic heterocycles. The molecule has 3 fully saturated rings. The van der Waals surface area contributed by atoms with Gasteiger partial charge in [0.1, 0.15) is 0 Å². The number of allylic oxidation sites excluding steroid dienone is 3. The van der Waals surface area contributed by atoms with E-state index in [0.29, 0.717) is 5.41 Å². The summed E-state index contributed by atoms with van der Waals surface area (Å²) in [7, 11) is -5.93. The predicted molar refractivity (Wildman–Crippen MR) is 232 cm³/mol. The Morgan fingerprint density at radius 2 is 1.25 bits per heavy atom. The van der Waals surface area contributed by atoms with E-state index in [4.69, 9.17) is 13.3 Å². The quantitative estimate of drug-likeness (QED) is 0.113. The van der Waals surface area contributed by atoms with Crippen molar-refractivity contribution in [1.82, 2.24) is 0 Å². The average molecular weight is 759 g/mol. The van der Waals surface area contributed by atoms with E-state index in [1.165, 1.54) is 49.7 Å². The zero-order valence-electron chi connectivity index (χ0n) is 37.5. The fraction of sp³-hybridized carbons (Fsp3) is 0.867. The summed E-state index contributed by atoms with van der Waals surface area (Å²) in [6.07, 6.45) is 18.7. The molecular formula is C45H86O3Si3. The average Bonchev–Trinajstić information content (AvgIpc) is 3.30. The Bertz CT molecular complexity index is 1210. The SMILES string of the molecule is CC(C)C[C@H](C)C1CCC2C(=CC=C3C[C@@H](O[Si](C)(C)C(C)(C)C)C(=CCCO[Si](C)(C)C(C)(C)C)[C@H](O[Si](C)(C)C(C)(C)C)C3)CCC[C@@]21C. The van der Waals surface area contributed by atoms with Gasteiger partial charge in [0, 0.05) is 6.61 Å². The van der Waals surface area contributed by atoms with Crippen LogP contribution in [0.25, 0.3) is 0 Å². The van der Waals surface area contributed by atoms with Crippen LogP contribution in [0.15, 0.2) is 34.9 Å². The fourth-order valence-electron chi connectivity index (χ4n) is 8.79. The van der Waals surface area contributed by atoms with Gasteiger partial charge in [0.2, 0.25) is 0 Å². The van der Waals surface area contributed by atoms with Crippen molar-refractivity contribution in [3.63, 3.8) is 0 Å². The molecule has 0 saturated heterocycles. The maximum absolute atomic E-state index is 7.43. The minimum Gasteiger partial charge on any atom is -0.417 e. The van der Waals surface area contributed by atoms with Crippen molar-refractivity contribution in [3.8, 4) is 0 Å². The lowest BCUT2D eigenvalue weighted by Crippen LogP contribution is -2.50. The van der Waals surface area contributed by atoms with Crippen LogP contribution in [-0.2, 0) is 13.3 Å². The first kappa shape index (κ1) is 45.1. The molecular weight excluding hydrogens is 673 g/mol. The molecule has 3 aliphatic carbocycles. The number of hydrogen-bond donors (Lipinski definition) is 0. The third-order valence-electron chi connectivity index (χ3n) is 15.0. The summed E-state index contributed by atoms with van der Waals surface area (Å²) in [5, 5.41) is 0.491. The lowest BCUT2D eigenvalue weighted by atomic mass is 9.60. The highest BCUT2D eigenvalue weighted by Gasteiger charge is 2.51. The van der Waals surface area contributed by atoms with Crippen molar-refractivity contribution in [3.05, 3.63) is 34.9 Å². The van der Waals surface area contributed by atoms with Crippen LogP contribution in [-0.4, -0.2) is 43.8 Å². The molecule has 0 aromatic carbocycles. The molecule has 0 spiro atoms. The molecule has 51 heavy (non-hydrogen) atoms. The van der Waals surface area contributed by atoms with Crippen LogP contribution in [0.4, 0.5) is 0 Å². The van der Waals surface area contributed by atoms with Crippen LogP contribution in [0, 0.1) is 29.1 Å². The molecule has 0 bridgehead atoms.